The van der Waals surface area contributed by atoms with Gasteiger partial charge in [-0.05, 0) is 25.1 Å². The van der Waals surface area contributed by atoms with E-state index in [4.69, 9.17) is 10.5 Å². The summed E-state index contributed by atoms with van der Waals surface area (Å²) in [6.07, 6.45) is 1.84. The molecule has 92 valence electrons. The number of nitrogens with two attached hydrogens (primary N) is 1. The number of aromatic nitrogens is 1. The second kappa shape index (κ2) is 5.29. The highest BCUT2D eigenvalue weighted by molar-refractivity contribution is 5.80. The van der Waals surface area contributed by atoms with Crippen molar-refractivity contribution in [3.05, 3.63) is 36.3 Å². The van der Waals surface area contributed by atoms with Gasteiger partial charge in [0.15, 0.2) is 0 Å². The van der Waals surface area contributed by atoms with Crippen molar-refractivity contribution in [3.63, 3.8) is 0 Å². The monoisotopic (exact) mass is 236 g/mol. The fourth-order valence-corrected chi connectivity index (χ4v) is 2.00. The molecule has 1 atom stereocenters. The molecule has 1 heterocycles. The number of hydrogen-bond donors (Lipinski definition) is 1. The van der Waals surface area contributed by atoms with Crippen LogP contribution in [-0.4, -0.2) is 23.8 Å². The molecule has 1 aromatic heterocycles. The molecule has 2 rings (SSSR count). The Morgan fingerprint density at radius 1 is 1.41 bits per heavy atom. The fraction of sp³-hybridized carbons (Fsp3) is 0.385. The van der Waals surface area contributed by atoms with Crippen LogP contribution in [0, 0.1) is 5.82 Å². The van der Waals surface area contributed by atoms with Gasteiger partial charge in [-0.2, -0.15) is 0 Å². The first-order valence-corrected chi connectivity index (χ1v) is 5.81. The molecule has 4 heteroatoms. The zero-order chi connectivity index (χ0) is 12.3. The lowest BCUT2D eigenvalue weighted by Crippen LogP contribution is -2.28. The Bertz CT molecular complexity index is 495. The maximum atomic E-state index is 13.5. The van der Waals surface area contributed by atoms with E-state index in [1.54, 1.807) is 12.1 Å². The Hall–Kier alpha value is -1.39. The molecule has 0 radical (unpaired) electrons. The maximum absolute atomic E-state index is 13.5. The number of fused-ring (bicyclic) bond motifs is 1. The largest absolute Gasteiger partial charge is 0.375 e. The minimum absolute atomic E-state index is 0.0288. The van der Waals surface area contributed by atoms with Gasteiger partial charge in [0.2, 0.25) is 0 Å². The summed E-state index contributed by atoms with van der Waals surface area (Å²) in [6.45, 7) is 3.69. The average Bonchev–Trinajstić information content (AvgIpc) is 2.73. The molecule has 17 heavy (non-hydrogen) atoms. The van der Waals surface area contributed by atoms with Crippen LogP contribution in [0.2, 0.25) is 0 Å². The Labute approximate surface area is 100.0 Å². The van der Waals surface area contributed by atoms with Gasteiger partial charge in [0, 0.05) is 24.7 Å². The SMILES string of the molecule is CCOC(CN)Cn1ccc2c(F)cccc21. The van der Waals surface area contributed by atoms with Gasteiger partial charge in [-0.3, -0.25) is 0 Å². The van der Waals surface area contributed by atoms with E-state index in [2.05, 4.69) is 0 Å². The van der Waals surface area contributed by atoms with Crippen LogP contribution in [0.4, 0.5) is 4.39 Å². The van der Waals surface area contributed by atoms with E-state index < -0.39 is 0 Å². The van der Waals surface area contributed by atoms with Crippen LogP contribution in [0.15, 0.2) is 30.5 Å². The lowest BCUT2D eigenvalue weighted by molar-refractivity contribution is 0.0576. The summed E-state index contributed by atoms with van der Waals surface area (Å²) in [5.74, 6) is -0.193. The first-order chi connectivity index (χ1) is 8.26. The van der Waals surface area contributed by atoms with Crippen molar-refractivity contribution >= 4 is 10.9 Å². The van der Waals surface area contributed by atoms with E-state index in [9.17, 15) is 4.39 Å². The van der Waals surface area contributed by atoms with Crippen LogP contribution in [0.3, 0.4) is 0 Å². The Morgan fingerprint density at radius 3 is 2.94 bits per heavy atom. The van der Waals surface area contributed by atoms with Crippen molar-refractivity contribution in [2.24, 2.45) is 5.73 Å². The second-order valence-corrected chi connectivity index (χ2v) is 3.95. The van der Waals surface area contributed by atoms with Crippen LogP contribution in [0.5, 0.6) is 0 Å². The molecule has 0 amide bonds. The molecule has 1 unspecified atom stereocenters. The van der Waals surface area contributed by atoms with E-state index >= 15 is 0 Å². The molecule has 0 saturated carbocycles. The van der Waals surface area contributed by atoms with Crippen LogP contribution < -0.4 is 5.73 Å². The maximum Gasteiger partial charge on any atom is 0.132 e. The molecule has 0 spiro atoms. The van der Waals surface area contributed by atoms with Crippen LogP contribution in [0.25, 0.3) is 10.9 Å². The second-order valence-electron chi connectivity index (χ2n) is 3.95. The van der Waals surface area contributed by atoms with E-state index in [0.29, 0.717) is 25.1 Å². The van der Waals surface area contributed by atoms with Gasteiger partial charge in [-0.1, -0.05) is 6.07 Å². The van der Waals surface area contributed by atoms with E-state index in [1.807, 2.05) is 23.8 Å². The topological polar surface area (TPSA) is 40.2 Å². The van der Waals surface area contributed by atoms with Gasteiger partial charge in [0.05, 0.1) is 18.2 Å². The van der Waals surface area contributed by atoms with E-state index in [-0.39, 0.29) is 11.9 Å². The molecule has 2 N–H and O–H groups in total. The molecule has 0 fully saturated rings. The average molecular weight is 236 g/mol. The third-order valence-corrected chi connectivity index (χ3v) is 2.83. The number of rotatable bonds is 5. The zero-order valence-corrected chi connectivity index (χ0v) is 9.90. The van der Waals surface area contributed by atoms with Crippen molar-refractivity contribution in [1.29, 1.82) is 0 Å². The number of halogens is 1. The molecule has 3 nitrogen and oxygen atoms in total. The first-order valence-electron chi connectivity index (χ1n) is 5.81. The number of benzene rings is 1. The lowest BCUT2D eigenvalue weighted by Gasteiger charge is -2.16. The highest BCUT2D eigenvalue weighted by atomic mass is 19.1. The molecule has 0 bridgehead atoms. The predicted octanol–water partition coefficient (Wildman–Crippen LogP) is 2.14. The molecule has 2 aromatic rings. The summed E-state index contributed by atoms with van der Waals surface area (Å²) in [7, 11) is 0. The molecule has 1 aromatic carbocycles. The van der Waals surface area contributed by atoms with Gasteiger partial charge in [0.25, 0.3) is 0 Å². The molecular weight excluding hydrogens is 219 g/mol. The van der Waals surface area contributed by atoms with Gasteiger partial charge in [-0.25, -0.2) is 4.39 Å². The van der Waals surface area contributed by atoms with Gasteiger partial charge >= 0.3 is 0 Å². The standard InChI is InChI=1S/C13H17FN2O/c1-2-17-10(8-15)9-16-7-6-11-12(14)4-3-5-13(11)16/h3-7,10H,2,8-9,15H2,1H3. The van der Waals surface area contributed by atoms with Gasteiger partial charge < -0.3 is 15.0 Å². The van der Waals surface area contributed by atoms with Crippen molar-refractivity contribution in [2.45, 2.75) is 19.6 Å². The Morgan fingerprint density at radius 2 is 2.24 bits per heavy atom. The van der Waals surface area contributed by atoms with Crippen LogP contribution in [-0.2, 0) is 11.3 Å². The number of ether oxygens (including phenoxy) is 1. The molecule has 0 saturated heterocycles. The predicted molar refractivity (Wildman–Crippen MR) is 66.4 cm³/mol. The zero-order valence-electron chi connectivity index (χ0n) is 9.90. The minimum Gasteiger partial charge on any atom is -0.375 e. The van der Waals surface area contributed by atoms with Gasteiger partial charge in [-0.15, -0.1) is 0 Å². The van der Waals surface area contributed by atoms with Crippen molar-refractivity contribution in [3.8, 4) is 0 Å². The molecule has 0 aliphatic rings. The smallest absolute Gasteiger partial charge is 0.132 e. The summed E-state index contributed by atoms with van der Waals surface area (Å²) >= 11 is 0. The molecular formula is C13H17FN2O. The molecule has 0 aliphatic carbocycles. The van der Waals surface area contributed by atoms with Crippen molar-refractivity contribution in [2.75, 3.05) is 13.2 Å². The quantitative estimate of drug-likeness (QED) is 0.864. The number of nitrogens with zero attached hydrogens (tertiary/aromatic N) is 1. The first kappa shape index (κ1) is 12.1. The highest BCUT2D eigenvalue weighted by Crippen LogP contribution is 2.19. The molecule has 0 aliphatic heterocycles. The minimum atomic E-state index is -0.193. The third kappa shape index (κ3) is 2.48. The van der Waals surface area contributed by atoms with Crippen molar-refractivity contribution < 1.29 is 9.13 Å². The Balaban J connectivity index is 2.27. The van der Waals surface area contributed by atoms with E-state index in [1.165, 1.54) is 6.07 Å². The highest BCUT2D eigenvalue weighted by Gasteiger charge is 2.10. The normalized spacial score (nSPS) is 13.1. The summed E-state index contributed by atoms with van der Waals surface area (Å²) < 4.78 is 21.0. The van der Waals surface area contributed by atoms with E-state index in [0.717, 1.165) is 5.52 Å². The van der Waals surface area contributed by atoms with Crippen molar-refractivity contribution in [1.82, 2.24) is 4.57 Å². The summed E-state index contributed by atoms with van der Waals surface area (Å²) in [6, 6.07) is 6.87. The summed E-state index contributed by atoms with van der Waals surface area (Å²) in [4.78, 5) is 0. The summed E-state index contributed by atoms with van der Waals surface area (Å²) in [5, 5.41) is 0.639. The van der Waals surface area contributed by atoms with Crippen LogP contribution in [0.1, 0.15) is 6.92 Å². The summed E-state index contributed by atoms with van der Waals surface area (Å²) in [5.41, 5.74) is 6.51. The number of hydrogen-bond acceptors (Lipinski definition) is 2. The van der Waals surface area contributed by atoms with Gasteiger partial charge in [0.1, 0.15) is 5.82 Å². The third-order valence-electron chi connectivity index (χ3n) is 2.83. The lowest BCUT2D eigenvalue weighted by atomic mass is 10.2. The fourth-order valence-electron chi connectivity index (χ4n) is 2.00. The Kier molecular flexibility index (Phi) is 3.76. The van der Waals surface area contributed by atoms with Crippen LogP contribution >= 0.6 is 0 Å².